The van der Waals surface area contributed by atoms with Crippen molar-refractivity contribution in [3.63, 3.8) is 0 Å². The summed E-state index contributed by atoms with van der Waals surface area (Å²) in [6.07, 6.45) is 0. The third-order valence-corrected chi connectivity index (χ3v) is 2.97. The molecule has 0 radical (unpaired) electrons. The van der Waals surface area contributed by atoms with E-state index in [0.29, 0.717) is 11.3 Å². The van der Waals surface area contributed by atoms with E-state index in [1.54, 1.807) is 31.2 Å². The van der Waals surface area contributed by atoms with Gasteiger partial charge in [0, 0.05) is 12.1 Å². The number of para-hydroxylation sites is 1. The molecule has 0 bridgehead atoms. The van der Waals surface area contributed by atoms with E-state index in [4.69, 9.17) is 0 Å². The Morgan fingerprint density at radius 1 is 1.18 bits per heavy atom. The van der Waals surface area contributed by atoms with Gasteiger partial charge in [-0.1, -0.05) is 12.1 Å². The Balaban J connectivity index is 2.11. The molecule has 7 nitrogen and oxygen atoms in total. The molecule has 7 heteroatoms. The smallest absolute Gasteiger partial charge is 0.275 e. The highest BCUT2D eigenvalue weighted by molar-refractivity contribution is 6.01. The number of nitro benzene ring substituents is 1. The molecule has 0 spiro atoms. The van der Waals surface area contributed by atoms with Crippen LogP contribution in [0.3, 0.4) is 0 Å². The molecule has 2 rings (SSSR count). The summed E-state index contributed by atoms with van der Waals surface area (Å²) >= 11 is 0. The molecule has 0 fully saturated rings. The number of rotatable bonds is 4. The maximum atomic E-state index is 11.9. The first-order chi connectivity index (χ1) is 10.5. The Morgan fingerprint density at radius 2 is 1.82 bits per heavy atom. The average Bonchev–Trinajstić information content (AvgIpc) is 2.52. The first-order valence-electron chi connectivity index (χ1n) is 6.36. The predicted molar refractivity (Wildman–Crippen MR) is 80.9 cm³/mol. The van der Waals surface area contributed by atoms with Crippen LogP contribution in [0.15, 0.2) is 53.6 Å². The molecule has 2 aromatic rings. The molecular formula is C15H13N3O4. The summed E-state index contributed by atoms with van der Waals surface area (Å²) in [4.78, 5) is 22.0. The fourth-order valence-corrected chi connectivity index (χ4v) is 1.75. The van der Waals surface area contributed by atoms with Crippen LogP contribution in [0.2, 0.25) is 0 Å². The minimum atomic E-state index is -0.542. The van der Waals surface area contributed by atoms with Crippen LogP contribution in [0.1, 0.15) is 22.8 Å². The largest absolute Gasteiger partial charge is 0.507 e. The standard InChI is InChI=1S/C15H13N3O4/c1-10(11-6-8-12(9-7-11)18(21)22)16-17-15(20)13-4-2-3-5-14(13)19/h2-9,19H,1H3,(H,17,20)/b16-10-. The molecule has 0 saturated carbocycles. The van der Waals surface area contributed by atoms with Crippen LogP contribution in [-0.4, -0.2) is 21.6 Å². The van der Waals surface area contributed by atoms with E-state index in [1.165, 1.54) is 24.3 Å². The van der Waals surface area contributed by atoms with Crippen molar-refractivity contribution in [2.45, 2.75) is 6.92 Å². The summed E-state index contributed by atoms with van der Waals surface area (Å²) in [7, 11) is 0. The summed E-state index contributed by atoms with van der Waals surface area (Å²) in [6.45, 7) is 1.66. The molecule has 2 aromatic carbocycles. The molecule has 0 heterocycles. The van der Waals surface area contributed by atoms with Gasteiger partial charge in [0.15, 0.2) is 0 Å². The highest BCUT2D eigenvalue weighted by Crippen LogP contribution is 2.15. The number of carbonyl (C=O) groups excluding carboxylic acids is 1. The Labute approximate surface area is 126 Å². The Kier molecular flexibility index (Phi) is 4.47. The molecule has 0 aromatic heterocycles. The van der Waals surface area contributed by atoms with E-state index in [-0.39, 0.29) is 17.0 Å². The minimum Gasteiger partial charge on any atom is -0.507 e. The maximum absolute atomic E-state index is 11.9. The highest BCUT2D eigenvalue weighted by atomic mass is 16.6. The van der Waals surface area contributed by atoms with Crippen LogP contribution in [0, 0.1) is 10.1 Å². The second kappa shape index (κ2) is 6.49. The van der Waals surface area contributed by atoms with Gasteiger partial charge in [0.25, 0.3) is 11.6 Å². The van der Waals surface area contributed by atoms with Crippen molar-refractivity contribution in [1.29, 1.82) is 0 Å². The third-order valence-electron chi connectivity index (χ3n) is 2.97. The van der Waals surface area contributed by atoms with Gasteiger partial charge in [0.2, 0.25) is 0 Å². The number of aromatic hydroxyl groups is 1. The van der Waals surface area contributed by atoms with Gasteiger partial charge < -0.3 is 5.11 Å². The molecule has 112 valence electrons. The Bertz CT molecular complexity index is 739. The monoisotopic (exact) mass is 299 g/mol. The number of hydrogen-bond donors (Lipinski definition) is 2. The molecule has 22 heavy (non-hydrogen) atoms. The van der Waals surface area contributed by atoms with Crippen molar-refractivity contribution in [1.82, 2.24) is 5.43 Å². The molecule has 0 atom stereocenters. The van der Waals surface area contributed by atoms with Gasteiger partial charge in [-0.2, -0.15) is 5.10 Å². The number of nitro groups is 1. The molecule has 0 unspecified atom stereocenters. The van der Waals surface area contributed by atoms with E-state index in [2.05, 4.69) is 10.5 Å². The van der Waals surface area contributed by atoms with Crippen LogP contribution in [0.4, 0.5) is 5.69 Å². The van der Waals surface area contributed by atoms with Crippen LogP contribution in [-0.2, 0) is 0 Å². The van der Waals surface area contributed by atoms with E-state index in [0.717, 1.165) is 0 Å². The lowest BCUT2D eigenvalue weighted by atomic mass is 10.1. The fraction of sp³-hybridized carbons (Fsp3) is 0.0667. The molecule has 1 amide bonds. The van der Waals surface area contributed by atoms with Gasteiger partial charge in [0.1, 0.15) is 5.75 Å². The van der Waals surface area contributed by atoms with Crippen molar-refractivity contribution >= 4 is 17.3 Å². The van der Waals surface area contributed by atoms with E-state index >= 15 is 0 Å². The van der Waals surface area contributed by atoms with E-state index in [9.17, 15) is 20.0 Å². The summed E-state index contributed by atoms with van der Waals surface area (Å²) in [5, 5.41) is 24.1. The summed E-state index contributed by atoms with van der Waals surface area (Å²) in [6, 6.07) is 11.9. The highest BCUT2D eigenvalue weighted by Gasteiger charge is 2.10. The first kappa shape index (κ1) is 15.2. The van der Waals surface area contributed by atoms with Gasteiger partial charge in [-0.15, -0.1) is 0 Å². The SMILES string of the molecule is C/C(=N/NC(=O)c1ccccc1O)c1ccc([N+](=O)[O-])cc1. The van der Waals surface area contributed by atoms with Crippen molar-refractivity contribution < 1.29 is 14.8 Å². The number of phenols is 1. The molecular weight excluding hydrogens is 286 g/mol. The van der Waals surface area contributed by atoms with Crippen molar-refractivity contribution in [3.8, 4) is 5.75 Å². The Hall–Kier alpha value is -3.22. The summed E-state index contributed by atoms with van der Waals surface area (Å²) < 4.78 is 0. The predicted octanol–water partition coefficient (Wildman–Crippen LogP) is 2.45. The first-order valence-corrected chi connectivity index (χ1v) is 6.36. The van der Waals surface area contributed by atoms with E-state index in [1.807, 2.05) is 0 Å². The van der Waals surface area contributed by atoms with Crippen LogP contribution >= 0.6 is 0 Å². The van der Waals surface area contributed by atoms with Gasteiger partial charge in [-0.25, -0.2) is 5.43 Å². The topological polar surface area (TPSA) is 105 Å². The van der Waals surface area contributed by atoms with Gasteiger partial charge >= 0.3 is 0 Å². The summed E-state index contributed by atoms with van der Waals surface area (Å²) in [5.74, 6) is -0.678. The quantitative estimate of drug-likeness (QED) is 0.514. The van der Waals surface area contributed by atoms with Crippen molar-refractivity contribution in [3.05, 3.63) is 69.8 Å². The minimum absolute atomic E-state index is 0.0187. The molecule has 0 aliphatic heterocycles. The zero-order valence-corrected chi connectivity index (χ0v) is 11.7. The number of hydrogen-bond acceptors (Lipinski definition) is 5. The second-order valence-corrected chi connectivity index (χ2v) is 4.46. The number of benzene rings is 2. The van der Waals surface area contributed by atoms with Gasteiger partial charge in [0.05, 0.1) is 16.2 Å². The third kappa shape index (κ3) is 3.45. The number of carbonyl (C=O) groups is 1. The number of non-ortho nitro benzene ring substituents is 1. The normalized spacial score (nSPS) is 11.0. The number of hydrazone groups is 1. The molecule has 2 N–H and O–H groups in total. The molecule has 0 saturated heterocycles. The van der Waals surface area contributed by atoms with Crippen molar-refractivity contribution in [2.75, 3.05) is 0 Å². The second-order valence-electron chi connectivity index (χ2n) is 4.46. The lowest BCUT2D eigenvalue weighted by Gasteiger charge is -2.04. The molecule has 0 aliphatic carbocycles. The number of phenolic OH excluding ortho intramolecular Hbond substituents is 1. The zero-order chi connectivity index (χ0) is 16.1. The molecule has 0 aliphatic rings. The van der Waals surface area contributed by atoms with Crippen LogP contribution < -0.4 is 5.43 Å². The van der Waals surface area contributed by atoms with Crippen molar-refractivity contribution in [2.24, 2.45) is 5.10 Å². The fourth-order valence-electron chi connectivity index (χ4n) is 1.75. The lowest BCUT2D eigenvalue weighted by Crippen LogP contribution is -2.19. The Morgan fingerprint density at radius 3 is 2.41 bits per heavy atom. The lowest BCUT2D eigenvalue weighted by molar-refractivity contribution is -0.384. The van der Waals surface area contributed by atoms with Gasteiger partial charge in [-0.3, -0.25) is 14.9 Å². The number of nitrogens with one attached hydrogen (secondary N) is 1. The van der Waals surface area contributed by atoms with Gasteiger partial charge in [-0.05, 0) is 36.8 Å². The maximum Gasteiger partial charge on any atom is 0.275 e. The van der Waals surface area contributed by atoms with Crippen LogP contribution in [0.25, 0.3) is 0 Å². The summed E-state index contributed by atoms with van der Waals surface area (Å²) in [5.41, 5.74) is 3.55. The van der Waals surface area contributed by atoms with E-state index < -0.39 is 10.8 Å². The number of nitrogens with zero attached hydrogens (tertiary/aromatic N) is 2. The average molecular weight is 299 g/mol. The number of amides is 1. The zero-order valence-electron chi connectivity index (χ0n) is 11.7. The van der Waals surface area contributed by atoms with Crippen LogP contribution in [0.5, 0.6) is 5.75 Å².